The van der Waals surface area contributed by atoms with E-state index in [2.05, 4.69) is 61.5 Å². The van der Waals surface area contributed by atoms with Crippen molar-refractivity contribution in [1.82, 2.24) is 10.6 Å². The minimum absolute atomic E-state index is 0.187. The Balaban J connectivity index is 2.54. The van der Waals surface area contributed by atoms with Crippen molar-refractivity contribution in [3.8, 4) is 5.75 Å². The van der Waals surface area contributed by atoms with Crippen LogP contribution < -0.4 is 15.4 Å². The molecule has 6 nitrogen and oxygen atoms in total. The highest BCUT2D eigenvalue weighted by molar-refractivity contribution is 5.79. The number of rotatable bonds is 12. The van der Waals surface area contributed by atoms with Gasteiger partial charge in [-0.15, -0.1) is 0 Å². The summed E-state index contributed by atoms with van der Waals surface area (Å²) in [5, 5.41) is 6.59. The molecule has 6 heteroatoms. The molecule has 0 saturated carbocycles. The van der Waals surface area contributed by atoms with E-state index >= 15 is 0 Å². The molecule has 1 atom stereocenters. The molecule has 0 aliphatic heterocycles. The first-order valence-electron chi connectivity index (χ1n) is 9.73. The SMILES string of the molecule is CN=C(NCCOCCOC)NCc1ccc(C)cc1OC(C)CC(C)C. The van der Waals surface area contributed by atoms with Crippen LogP contribution in [0.5, 0.6) is 5.75 Å². The zero-order chi connectivity index (χ0) is 20.1. The third-order valence-corrected chi connectivity index (χ3v) is 3.99. The van der Waals surface area contributed by atoms with Crippen LogP contribution in [-0.4, -0.2) is 52.6 Å². The molecule has 154 valence electrons. The molecule has 0 bridgehead atoms. The second-order valence-electron chi connectivity index (χ2n) is 7.13. The summed E-state index contributed by atoms with van der Waals surface area (Å²) in [5.41, 5.74) is 2.32. The van der Waals surface area contributed by atoms with Gasteiger partial charge in [-0.1, -0.05) is 26.0 Å². The zero-order valence-corrected chi connectivity index (χ0v) is 17.8. The van der Waals surface area contributed by atoms with Crippen LogP contribution in [0.4, 0.5) is 0 Å². The van der Waals surface area contributed by atoms with E-state index in [1.165, 1.54) is 5.56 Å². The first-order chi connectivity index (χ1) is 13.0. The van der Waals surface area contributed by atoms with Crippen LogP contribution in [0.25, 0.3) is 0 Å². The Hall–Kier alpha value is -1.79. The maximum atomic E-state index is 6.21. The van der Waals surface area contributed by atoms with Gasteiger partial charge in [0.15, 0.2) is 5.96 Å². The molecule has 1 rings (SSSR count). The van der Waals surface area contributed by atoms with Gasteiger partial charge in [0.1, 0.15) is 5.75 Å². The fourth-order valence-electron chi connectivity index (χ4n) is 2.73. The molecular weight excluding hydrogens is 342 g/mol. The van der Waals surface area contributed by atoms with Crippen molar-refractivity contribution < 1.29 is 14.2 Å². The molecular formula is C21H37N3O3. The van der Waals surface area contributed by atoms with Crippen LogP contribution in [0.3, 0.4) is 0 Å². The molecule has 1 unspecified atom stereocenters. The van der Waals surface area contributed by atoms with E-state index < -0.39 is 0 Å². The van der Waals surface area contributed by atoms with Crippen LogP contribution in [0.2, 0.25) is 0 Å². The van der Waals surface area contributed by atoms with Crippen molar-refractivity contribution in [2.24, 2.45) is 10.9 Å². The highest BCUT2D eigenvalue weighted by atomic mass is 16.5. The second-order valence-corrected chi connectivity index (χ2v) is 7.13. The third-order valence-electron chi connectivity index (χ3n) is 3.99. The molecule has 2 N–H and O–H groups in total. The first kappa shape index (κ1) is 23.2. The Morgan fingerprint density at radius 3 is 2.56 bits per heavy atom. The molecule has 0 radical (unpaired) electrons. The number of nitrogens with zero attached hydrogens (tertiary/aromatic N) is 1. The number of ether oxygens (including phenoxy) is 3. The van der Waals surface area contributed by atoms with Gasteiger partial charge in [0.2, 0.25) is 0 Å². The Bertz CT molecular complexity index is 562. The van der Waals surface area contributed by atoms with Gasteiger partial charge in [0, 0.05) is 32.8 Å². The summed E-state index contributed by atoms with van der Waals surface area (Å²) >= 11 is 0. The average Bonchev–Trinajstić information content (AvgIpc) is 2.61. The molecule has 0 aliphatic rings. The summed E-state index contributed by atoms with van der Waals surface area (Å²) in [7, 11) is 3.43. The van der Waals surface area contributed by atoms with Gasteiger partial charge in [-0.3, -0.25) is 4.99 Å². The van der Waals surface area contributed by atoms with Crippen molar-refractivity contribution in [2.75, 3.05) is 40.5 Å². The van der Waals surface area contributed by atoms with Crippen molar-refractivity contribution in [3.63, 3.8) is 0 Å². The van der Waals surface area contributed by atoms with E-state index in [1.54, 1.807) is 14.2 Å². The van der Waals surface area contributed by atoms with Gasteiger partial charge in [-0.2, -0.15) is 0 Å². The Labute approximate surface area is 164 Å². The average molecular weight is 380 g/mol. The van der Waals surface area contributed by atoms with Gasteiger partial charge in [0.05, 0.1) is 25.9 Å². The van der Waals surface area contributed by atoms with Gasteiger partial charge in [-0.05, 0) is 37.8 Å². The number of aliphatic imine (C=N–C) groups is 1. The maximum Gasteiger partial charge on any atom is 0.191 e. The minimum atomic E-state index is 0.187. The monoisotopic (exact) mass is 379 g/mol. The van der Waals surface area contributed by atoms with Crippen LogP contribution in [0, 0.1) is 12.8 Å². The summed E-state index contributed by atoms with van der Waals surface area (Å²) < 4.78 is 16.6. The molecule has 1 aromatic carbocycles. The number of benzene rings is 1. The fraction of sp³-hybridized carbons (Fsp3) is 0.667. The number of guanidine groups is 1. The molecule has 27 heavy (non-hydrogen) atoms. The predicted octanol–water partition coefficient (Wildman–Crippen LogP) is 3.14. The van der Waals surface area contributed by atoms with Gasteiger partial charge in [-0.25, -0.2) is 0 Å². The zero-order valence-electron chi connectivity index (χ0n) is 17.8. The highest BCUT2D eigenvalue weighted by Crippen LogP contribution is 2.23. The number of hydrogen-bond acceptors (Lipinski definition) is 4. The quantitative estimate of drug-likeness (QED) is 0.332. The molecule has 1 aromatic rings. The van der Waals surface area contributed by atoms with Crippen LogP contribution in [0.1, 0.15) is 38.3 Å². The molecule has 0 aromatic heterocycles. The standard InChI is InChI=1S/C21H37N3O3/c1-16(2)13-18(4)27-20-14-17(3)7-8-19(20)15-24-21(22-5)23-9-10-26-12-11-25-6/h7-8,14,16,18H,9-13,15H2,1-6H3,(H2,22,23,24). The lowest BCUT2D eigenvalue weighted by Gasteiger charge is -2.20. The smallest absolute Gasteiger partial charge is 0.191 e. The topological polar surface area (TPSA) is 64.1 Å². The van der Waals surface area contributed by atoms with Crippen molar-refractivity contribution in [1.29, 1.82) is 0 Å². The van der Waals surface area contributed by atoms with Gasteiger partial charge >= 0.3 is 0 Å². The van der Waals surface area contributed by atoms with E-state index in [4.69, 9.17) is 14.2 Å². The largest absolute Gasteiger partial charge is 0.490 e. The third kappa shape index (κ3) is 10.2. The first-order valence-corrected chi connectivity index (χ1v) is 9.73. The highest BCUT2D eigenvalue weighted by Gasteiger charge is 2.11. The van der Waals surface area contributed by atoms with Crippen LogP contribution in [0.15, 0.2) is 23.2 Å². The lowest BCUT2D eigenvalue weighted by atomic mass is 10.1. The molecule has 0 aliphatic carbocycles. The lowest BCUT2D eigenvalue weighted by Crippen LogP contribution is -2.38. The van der Waals surface area contributed by atoms with E-state index in [1.807, 2.05) is 0 Å². The summed E-state index contributed by atoms with van der Waals surface area (Å²) in [6.07, 6.45) is 1.22. The Kier molecular flexibility index (Phi) is 11.5. The number of nitrogens with one attached hydrogen (secondary N) is 2. The number of aryl methyl sites for hydroxylation is 1. The molecule has 0 heterocycles. The van der Waals surface area contributed by atoms with Crippen molar-refractivity contribution >= 4 is 5.96 Å². The lowest BCUT2D eigenvalue weighted by molar-refractivity contribution is 0.0733. The molecule has 0 spiro atoms. The van der Waals surface area contributed by atoms with E-state index in [0.29, 0.717) is 38.8 Å². The van der Waals surface area contributed by atoms with Crippen LogP contribution in [-0.2, 0) is 16.0 Å². The summed E-state index contributed by atoms with van der Waals surface area (Å²) in [6, 6.07) is 6.32. The van der Waals surface area contributed by atoms with Crippen molar-refractivity contribution in [3.05, 3.63) is 29.3 Å². The molecule has 0 saturated heterocycles. The van der Waals surface area contributed by atoms with E-state index in [-0.39, 0.29) is 6.10 Å². The Morgan fingerprint density at radius 2 is 1.89 bits per heavy atom. The normalized spacial score (nSPS) is 12.9. The predicted molar refractivity (Wildman–Crippen MR) is 112 cm³/mol. The van der Waals surface area contributed by atoms with Gasteiger partial charge in [0.25, 0.3) is 0 Å². The van der Waals surface area contributed by atoms with Gasteiger partial charge < -0.3 is 24.8 Å². The fourth-order valence-corrected chi connectivity index (χ4v) is 2.73. The van der Waals surface area contributed by atoms with Crippen LogP contribution >= 0.6 is 0 Å². The second kappa shape index (κ2) is 13.4. The summed E-state index contributed by atoms with van der Waals surface area (Å²) in [6.45, 7) is 11.8. The minimum Gasteiger partial charge on any atom is -0.490 e. The maximum absolute atomic E-state index is 6.21. The number of methoxy groups -OCH3 is 1. The molecule has 0 amide bonds. The number of hydrogen-bond donors (Lipinski definition) is 2. The summed E-state index contributed by atoms with van der Waals surface area (Å²) in [4.78, 5) is 4.26. The summed E-state index contributed by atoms with van der Waals surface area (Å²) in [5.74, 6) is 2.29. The van der Waals surface area contributed by atoms with E-state index in [9.17, 15) is 0 Å². The molecule has 0 fully saturated rings. The van der Waals surface area contributed by atoms with Crippen molar-refractivity contribution in [2.45, 2.75) is 46.8 Å². The van der Waals surface area contributed by atoms with E-state index in [0.717, 1.165) is 23.7 Å². The Morgan fingerprint density at radius 1 is 1.11 bits per heavy atom.